The maximum atomic E-state index is 10.5. The molecule has 1 heterocycles. The van der Waals surface area contributed by atoms with Crippen molar-refractivity contribution in [2.75, 3.05) is 0 Å². The summed E-state index contributed by atoms with van der Waals surface area (Å²) in [5.74, 6) is 4.32. The van der Waals surface area contributed by atoms with Crippen molar-refractivity contribution in [2.45, 2.75) is 0 Å². The van der Waals surface area contributed by atoms with E-state index in [9.17, 15) is 4.79 Å². The van der Waals surface area contributed by atoms with Gasteiger partial charge in [0.05, 0.1) is 5.69 Å². The molecule has 16 heavy (non-hydrogen) atoms. The van der Waals surface area contributed by atoms with Gasteiger partial charge in [0.15, 0.2) is 0 Å². The minimum absolute atomic E-state index is 0.629. The number of carbonyl (C=O) groups is 1. The molecule has 0 atom stereocenters. The summed E-state index contributed by atoms with van der Waals surface area (Å²) in [4.78, 5) is 10.5. The van der Waals surface area contributed by atoms with E-state index in [1.165, 1.54) is 0 Å². The summed E-state index contributed by atoms with van der Waals surface area (Å²) in [6.07, 6.45) is 3.56. The molecule has 0 aliphatic heterocycles. The Morgan fingerprint density at radius 3 is 2.62 bits per heavy atom. The molecule has 0 aliphatic carbocycles. The van der Waals surface area contributed by atoms with Crippen LogP contribution in [0.25, 0.3) is 5.69 Å². The van der Waals surface area contributed by atoms with Gasteiger partial charge in [-0.1, -0.05) is 5.92 Å². The van der Waals surface area contributed by atoms with Crippen molar-refractivity contribution in [3.05, 3.63) is 48.3 Å². The molecule has 0 bridgehead atoms. The van der Waals surface area contributed by atoms with Crippen molar-refractivity contribution in [2.24, 2.45) is 5.73 Å². The summed E-state index contributed by atoms with van der Waals surface area (Å²) in [5, 5.41) is 4.10. The van der Waals surface area contributed by atoms with Gasteiger partial charge in [0.25, 0.3) is 5.91 Å². The monoisotopic (exact) mass is 211 g/mol. The molecule has 0 saturated carbocycles. The lowest BCUT2D eigenvalue weighted by atomic mass is 10.2. The molecule has 2 N–H and O–H groups in total. The van der Waals surface area contributed by atoms with Gasteiger partial charge in [0, 0.05) is 18.0 Å². The highest BCUT2D eigenvalue weighted by Crippen LogP contribution is 2.07. The van der Waals surface area contributed by atoms with Crippen LogP contribution in [0.15, 0.2) is 42.7 Å². The fourth-order valence-electron chi connectivity index (χ4n) is 1.25. The number of rotatable bonds is 1. The highest BCUT2D eigenvalue weighted by molar-refractivity contribution is 5.92. The molecule has 78 valence electrons. The van der Waals surface area contributed by atoms with Gasteiger partial charge in [-0.15, -0.1) is 0 Å². The minimum Gasteiger partial charge on any atom is -0.359 e. The van der Waals surface area contributed by atoms with Crippen molar-refractivity contribution in [1.29, 1.82) is 0 Å². The Kier molecular flexibility index (Phi) is 2.70. The lowest BCUT2D eigenvalue weighted by Crippen LogP contribution is -2.06. The third kappa shape index (κ3) is 2.28. The summed E-state index contributed by atoms with van der Waals surface area (Å²) in [5.41, 5.74) is 6.61. The fraction of sp³-hybridized carbons (Fsp3) is 0. The number of nitrogens with two attached hydrogens (primary N) is 1. The van der Waals surface area contributed by atoms with Crippen molar-refractivity contribution in [3.63, 3.8) is 0 Å². The number of carbonyl (C=O) groups excluding carboxylic acids is 1. The van der Waals surface area contributed by atoms with Crippen LogP contribution >= 0.6 is 0 Å². The predicted molar refractivity (Wildman–Crippen MR) is 59.6 cm³/mol. The first kappa shape index (κ1) is 9.99. The zero-order valence-electron chi connectivity index (χ0n) is 8.42. The Labute approximate surface area is 92.7 Å². The highest BCUT2D eigenvalue weighted by Gasteiger charge is 1.94. The van der Waals surface area contributed by atoms with Crippen LogP contribution < -0.4 is 5.73 Å². The van der Waals surface area contributed by atoms with Crippen molar-refractivity contribution >= 4 is 5.91 Å². The molecule has 4 heteroatoms. The Morgan fingerprint density at radius 2 is 2.06 bits per heavy atom. The van der Waals surface area contributed by atoms with E-state index in [2.05, 4.69) is 16.9 Å². The van der Waals surface area contributed by atoms with E-state index in [0.29, 0.717) is 0 Å². The molecule has 0 aliphatic rings. The van der Waals surface area contributed by atoms with E-state index in [1.54, 1.807) is 10.9 Å². The molecule has 1 amide bonds. The van der Waals surface area contributed by atoms with Crippen LogP contribution in [-0.4, -0.2) is 15.7 Å². The Bertz CT molecular complexity index is 544. The van der Waals surface area contributed by atoms with Gasteiger partial charge in [-0.2, -0.15) is 5.10 Å². The van der Waals surface area contributed by atoms with Crippen molar-refractivity contribution < 1.29 is 4.79 Å². The van der Waals surface area contributed by atoms with Crippen LogP contribution in [0.3, 0.4) is 0 Å². The smallest absolute Gasteiger partial charge is 0.293 e. The molecule has 0 radical (unpaired) electrons. The second kappa shape index (κ2) is 4.32. The first-order valence-corrected chi connectivity index (χ1v) is 4.67. The largest absolute Gasteiger partial charge is 0.359 e. The fourth-order valence-corrected chi connectivity index (χ4v) is 1.25. The highest BCUT2D eigenvalue weighted by atomic mass is 16.1. The topological polar surface area (TPSA) is 60.9 Å². The lowest BCUT2D eigenvalue weighted by Gasteiger charge is -2.00. The van der Waals surface area contributed by atoms with E-state index < -0.39 is 5.91 Å². The maximum Gasteiger partial charge on any atom is 0.293 e. The quantitative estimate of drug-likeness (QED) is 0.706. The van der Waals surface area contributed by atoms with Gasteiger partial charge in [-0.05, 0) is 36.3 Å². The number of benzene rings is 1. The number of nitrogens with zero attached hydrogens (tertiary/aromatic N) is 2. The van der Waals surface area contributed by atoms with E-state index in [-0.39, 0.29) is 0 Å². The molecule has 4 nitrogen and oxygen atoms in total. The predicted octanol–water partition coefficient (Wildman–Crippen LogP) is 0.709. The SMILES string of the molecule is NC(=O)C#Cc1ccc(-n2cccn2)cc1. The van der Waals surface area contributed by atoms with Crippen LogP contribution in [0, 0.1) is 11.8 Å². The molecule has 0 spiro atoms. The third-order valence-electron chi connectivity index (χ3n) is 1.97. The molecule has 2 aromatic rings. The van der Waals surface area contributed by atoms with E-state index in [1.807, 2.05) is 36.5 Å². The van der Waals surface area contributed by atoms with Gasteiger partial charge in [-0.25, -0.2) is 4.68 Å². The summed E-state index contributed by atoms with van der Waals surface area (Å²) in [6, 6.07) is 9.22. The zero-order chi connectivity index (χ0) is 11.4. The molecule has 1 aromatic heterocycles. The van der Waals surface area contributed by atoms with Crippen LogP contribution in [0.4, 0.5) is 0 Å². The third-order valence-corrected chi connectivity index (χ3v) is 1.97. The summed E-state index contributed by atoms with van der Waals surface area (Å²) in [7, 11) is 0. The Hall–Kier alpha value is -2.54. The van der Waals surface area contributed by atoms with Crippen molar-refractivity contribution in [1.82, 2.24) is 9.78 Å². The van der Waals surface area contributed by atoms with Gasteiger partial charge in [0.2, 0.25) is 0 Å². The van der Waals surface area contributed by atoms with Gasteiger partial charge in [-0.3, -0.25) is 4.79 Å². The molecule has 0 unspecified atom stereocenters. The van der Waals surface area contributed by atoms with Crippen LogP contribution in [-0.2, 0) is 4.79 Å². The standard InChI is InChI=1S/C12H9N3O/c13-12(16)7-4-10-2-5-11(6-3-10)15-9-1-8-14-15/h1-3,5-6,8-9H,(H2,13,16). The average molecular weight is 211 g/mol. The summed E-state index contributed by atoms with van der Waals surface area (Å²) >= 11 is 0. The van der Waals surface area contributed by atoms with Gasteiger partial charge >= 0.3 is 0 Å². The Balaban J connectivity index is 2.24. The molecule has 1 aromatic carbocycles. The minimum atomic E-state index is -0.629. The average Bonchev–Trinajstić information content (AvgIpc) is 2.80. The van der Waals surface area contributed by atoms with Gasteiger partial charge in [0.1, 0.15) is 0 Å². The molecular weight excluding hydrogens is 202 g/mol. The van der Waals surface area contributed by atoms with Crippen LogP contribution in [0.2, 0.25) is 0 Å². The number of aromatic nitrogens is 2. The van der Waals surface area contributed by atoms with Gasteiger partial charge < -0.3 is 5.73 Å². The first-order chi connectivity index (χ1) is 7.75. The van der Waals surface area contributed by atoms with E-state index in [0.717, 1.165) is 11.3 Å². The normalized spacial score (nSPS) is 9.25. The second-order valence-corrected chi connectivity index (χ2v) is 3.11. The number of hydrogen-bond acceptors (Lipinski definition) is 2. The number of amides is 1. The zero-order valence-corrected chi connectivity index (χ0v) is 8.42. The summed E-state index contributed by atoms with van der Waals surface area (Å²) < 4.78 is 1.74. The van der Waals surface area contributed by atoms with E-state index >= 15 is 0 Å². The molecule has 2 rings (SSSR count). The Morgan fingerprint density at radius 1 is 1.31 bits per heavy atom. The maximum absolute atomic E-state index is 10.5. The second-order valence-electron chi connectivity index (χ2n) is 3.11. The first-order valence-electron chi connectivity index (χ1n) is 4.67. The lowest BCUT2D eigenvalue weighted by molar-refractivity contribution is -0.112. The van der Waals surface area contributed by atoms with Crippen LogP contribution in [0.1, 0.15) is 5.56 Å². The number of hydrogen-bond donors (Lipinski definition) is 1. The number of primary amides is 1. The molecular formula is C12H9N3O. The molecule has 0 saturated heterocycles. The van der Waals surface area contributed by atoms with Crippen molar-refractivity contribution in [3.8, 4) is 17.5 Å². The van der Waals surface area contributed by atoms with E-state index in [4.69, 9.17) is 5.73 Å². The van der Waals surface area contributed by atoms with Crippen LogP contribution in [0.5, 0.6) is 0 Å². The summed E-state index contributed by atoms with van der Waals surface area (Å²) in [6.45, 7) is 0. The molecule has 0 fully saturated rings.